The molecule has 0 atom stereocenters. The normalized spacial score (nSPS) is 14.2. The molecule has 1 saturated heterocycles. The van der Waals surface area contributed by atoms with Gasteiger partial charge < -0.3 is 19.7 Å². The maximum absolute atomic E-state index is 12.5. The molecule has 0 unspecified atom stereocenters. The summed E-state index contributed by atoms with van der Waals surface area (Å²) in [6.45, 7) is 6.05. The minimum Gasteiger partial charge on any atom is -0.468 e. The van der Waals surface area contributed by atoms with E-state index in [1.165, 1.54) is 29.3 Å². The van der Waals surface area contributed by atoms with Crippen LogP contribution in [0.1, 0.15) is 31.1 Å². The van der Waals surface area contributed by atoms with Gasteiger partial charge in [-0.05, 0) is 32.9 Å². The van der Waals surface area contributed by atoms with Crippen LogP contribution in [-0.2, 0) is 4.74 Å². The number of hydrogen-bond donors (Lipinski definition) is 1. The quantitative estimate of drug-likeness (QED) is 0.726. The fraction of sp³-hybridized carbons (Fsp3) is 0.389. The van der Waals surface area contributed by atoms with E-state index in [-0.39, 0.29) is 28.0 Å². The lowest BCUT2D eigenvalue weighted by atomic mass is 10.1. The molecular weight excluding hydrogens is 421 g/mol. The molecule has 9 nitrogen and oxygen atoms in total. The van der Waals surface area contributed by atoms with E-state index in [2.05, 4.69) is 20.5 Å². The molecule has 2 amide bonds. The summed E-state index contributed by atoms with van der Waals surface area (Å²) in [6, 6.07) is 4.37. The van der Waals surface area contributed by atoms with Gasteiger partial charge in [0.2, 0.25) is 0 Å². The van der Waals surface area contributed by atoms with Crippen LogP contribution >= 0.6 is 23.2 Å². The maximum Gasteiger partial charge on any atom is 0.410 e. The molecule has 2 aromatic heterocycles. The van der Waals surface area contributed by atoms with Crippen molar-refractivity contribution >= 4 is 40.9 Å². The van der Waals surface area contributed by atoms with Crippen molar-refractivity contribution in [2.75, 3.05) is 18.4 Å². The Hall–Kier alpha value is -2.65. The summed E-state index contributed by atoms with van der Waals surface area (Å²) in [6.07, 6.45) is 0.693. The molecule has 1 fully saturated rings. The van der Waals surface area contributed by atoms with Crippen molar-refractivity contribution in [1.82, 2.24) is 20.1 Å². The van der Waals surface area contributed by atoms with Gasteiger partial charge >= 0.3 is 6.09 Å². The predicted molar refractivity (Wildman–Crippen MR) is 106 cm³/mol. The number of aromatic nitrogens is 3. The average molecular weight is 440 g/mol. The summed E-state index contributed by atoms with van der Waals surface area (Å²) in [4.78, 5) is 29.8. The highest BCUT2D eigenvalue weighted by atomic mass is 35.5. The number of halogens is 2. The van der Waals surface area contributed by atoms with Crippen molar-refractivity contribution in [2.24, 2.45) is 0 Å². The summed E-state index contributed by atoms with van der Waals surface area (Å²) in [5.74, 6) is -0.344. The number of likely N-dealkylation sites (tertiary alicyclic amines) is 1. The van der Waals surface area contributed by atoms with Gasteiger partial charge in [-0.2, -0.15) is 0 Å². The largest absolute Gasteiger partial charge is 0.468 e. The monoisotopic (exact) mass is 439 g/mol. The summed E-state index contributed by atoms with van der Waals surface area (Å²) in [5.41, 5.74) is -0.0138. The minimum atomic E-state index is -0.571. The Kier molecular flexibility index (Phi) is 6.09. The van der Waals surface area contributed by atoms with Crippen LogP contribution in [0.25, 0.3) is 0 Å². The average Bonchev–Trinajstić information content (AvgIpc) is 2.57. The van der Waals surface area contributed by atoms with Crippen LogP contribution in [0.4, 0.5) is 10.5 Å². The molecule has 29 heavy (non-hydrogen) atoms. The van der Waals surface area contributed by atoms with Gasteiger partial charge in [-0.3, -0.25) is 4.79 Å². The van der Waals surface area contributed by atoms with Crippen molar-refractivity contribution in [3.05, 3.63) is 40.3 Å². The van der Waals surface area contributed by atoms with Crippen molar-refractivity contribution in [3.63, 3.8) is 0 Å². The van der Waals surface area contributed by atoms with Crippen molar-refractivity contribution in [1.29, 1.82) is 0 Å². The van der Waals surface area contributed by atoms with Gasteiger partial charge in [0.05, 0.1) is 13.1 Å². The lowest BCUT2D eigenvalue weighted by Crippen LogP contribution is -2.57. The number of carbonyl (C=O) groups is 2. The van der Waals surface area contributed by atoms with Crippen LogP contribution in [0.3, 0.4) is 0 Å². The van der Waals surface area contributed by atoms with E-state index < -0.39 is 17.6 Å². The summed E-state index contributed by atoms with van der Waals surface area (Å²) in [7, 11) is 0. The number of nitrogens with one attached hydrogen (secondary N) is 1. The third-order valence-corrected chi connectivity index (χ3v) is 4.14. The molecule has 3 heterocycles. The number of anilines is 1. The molecule has 0 saturated carbocycles. The van der Waals surface area contributed by atoms with E-state index in [9.17, 15) is 9.59 Å². The zero-order valence-corrected chi connectivity index (χ0v) is 17.5. The van der Waals surface area contributed by atoms with Crippen LogP contribution in [0.15, 0.2) is 24.4 Å². The molecule has 3 rings (SSSR count). The number of nitrogens with zero attached hydrogens (tertiary/aromatic N) is 4. The topological polar surface area (TPSA) is 107 Å². The van der Waals surface area contributed by atoms with E-state index in [1.54, 1.807) is 20.8 Å². The van der Waals surface area contributed by atoms with Crippen molar-refractivity contribution < 1.29 is 19.1 Å². The molecule has 154 valence electrons. The van der Waals surface area contributed by atoms with E-state index in [4.69, 9.17) is 32.7 Å². The molecule has 0 aromatic carbocycles. The SMILES string of the molecule is CC(C)(C)OC(=O)N1CC(Oc2nnc(Cl)cc2NC(=O)c2ccnc(Cl)c2)C1. The molecule has 1 N–H and O–H groups in total. The third-order valence-electron chi connectivity index (χ3n) is 3.75. The number of hydrogen-bond acceptors (Lipinski definition) is 7. The Morgan fingerprint density at radius 2 is 1.90 bits per heavy atom. The molecule has 1 aliphatic heterocycles. The fourth-order valence-corrected chi connectivity index (χ4v) is 2.74. The summed E-state index contributed by atoms with van der Waals surface area (Å²) < 4.78 is 11.1. The molecule has 11 heteroatoms. The molecule has 0 radical (unpaired) electrons. The number of carbonyl (C=O) groups excluding carboxylic acids is 2. The Labute approximate surface area is 177 Å². The molecule has 0 spiro atoms. The lowest BCUT2D eigenvalue weighted by molar-refractivity contribution is -0.0232. The van der Waals surface area contributed by atoms with Crippen LogP contribution < -0.4 is 10.1 Å². The lowest BCUT2D eigenvalue weighted by Gasteiger charge is -2.39. The number of pyridine rings is 1. The van der Waals surface area contributed by atoms with Crippen molar-refractivity contribution in [3.8, 4) is 5.88 Å². The Morgan fingerprint density at radius 3 is 2.55 bits per heavy atom. The molecule has 2 aromatic rings. The van der Waals surface area contributed by atoms with Gasteiger partial charge in [-0.15, -0.1) is 10.2 Å². The number of amides is 2. The van der Waals surface area contributed by atoms with Crippen LogP contribution in [0, 0.1) is 0 Å². The first-order valence-corrected chi connectivity index (χ1v) is 9.47. The van der Waals surface area contributed by atoms with E-state index in [1.807, 2.05) is 0 Å². The van der Waals surface area contributed by atoms with Crippen LogP contribution in [0.2, 0.25) is 10.3 Å². The third kappa shape index (κ3) is 5.68. The smallest absolute Gasteiger partial charge is 0.410 e. The second-order valence-corrected chi connectivity index (χ2v) is 8.11. The first kappa shape index (κ1) is 21.1. The highest BCUT2D eigenvalue weighted by molar-refractivity contribution is 6.30. The van der Waals surface area contributed by atoms with Gasteiger partial charge in [-0.25, -0.2) is 9.78 Å². The van der Waals surface area contributed by atoms with Crippen LogP contribution in [0.5, 0.6) is 5.88 Å². The zero-order valence-electron chi connectivity index (χ0n) is 16.0. The number of ether oxygens (including phenoxy) is 2. The molecule has 0 aliphatic carbocycles. The highest BCUT2D eigenvalue weighted by Crippen LogP contribution is 2.27. The van der Waals surface area contributed by atoms with E-state index >= 15 is 0 Å². The molecule has 1 aliphatic rings. The summed E-state index contributed by atoms with van der Waals surface area (Å²) >= 11 is 11.7. The molecule has 0 bridgehead atoms. The first-order chi connectivity index (χ1) is 13.6. The van der Waals surface area contributed by atoms with Crippen molar-refractivity contribution in [2.45, 2.75) is 32.5 Å². The van der Waals surface area contributed by atoms with Gasteiger partial charge in [0.25, 0.3) is 11.8 Å². The highest BCUT2D eigenvalue weighted by Gasteiger charge is 2.36. The maximum atomic E-state index is 12.5. The van der Waals surface area contributed by atoms with Crippen LogP contribution in [-0.4, -0.2) is 56.9 Å². The van der Waals surface area contributed by atoms with E-state index in [0.717, 1.165) is 0 Å². The van der Waals surface area contributed by atoms with Gasteiger partial charge in [0.15, 0.2) is 5.15 Å². The second kappa shape index (κ2) is 8.38. The second-order valence-electron chi connectivity index (χ2n) is 7.33. The Balaban J connectivity index is 1.64. The Morgan fingerprint density at radius 1 is 1.17 bits per heavy atom. The summed E-state index contributed by atoms with van der Waals surface area (Å²) in [5, 5.41) is 10.6. The number of rotatable bonds is 4. The standard InChI is InChI=1S/C18H19Cl2N5O4/c1-18(2,3)29-17(27)25-8-11(9-25)28-16-12(7-14(20)23-24-16)22-15(26)10-4-5-21-13(19)6-10/h4-7,11H,8-9H2,1-3H3,(H,22,23,26). The predicted octanol–water partition coefficient (Wildman–Crippen LogP) is 3.43. The fourth-order valence-electron chi connectivity index (χ4n) is 2.42. The van der Waals surface area contributed by atoms with Gasteiger partial charge in [0.1, 0.15) is 22.5 Å². The zero-order chi connectivity index (χ0) is 21.2. The van der Waals surface area contributed by atoms with Gasteiger partial charge in [-0.1, -0.05) is 23.2 Å². The Bertz CT molecular complexity index is 929. The van der Waals surface area contributed by atoms with Gasteiger partial charge in [0, 0.05) is 17.8 Å². The van der Waals surface area contributed by atoms with E-state index in [0.29, 0.717) is 18.7 Å². The first-order valence-electron chi connectivity index (χ1n) is 8.71. The molecular formula is C18H19Cl2N5O4. The minimum absolute atomic E-state index is 0.0874.